The third-order valence-electron chi connectivity index (χ3n) is 4.63. The van der Waals surface area contributed by atoms with E-state index in [-0.39, 0.29) is 0 Å². The highest BCUT2D eigenvalue weighted by Crippen LogP contribution is 2.28. The molecule has 0 bridgehead atoms. The van der Waals surface area contributed by atoms with Gasteiger partial charge in [-0.25, -0.2) is 0 Å². The van der Waals surface area contributed by atoms with Gasteiger partial charge >= 0.3 is 0 Å². The lowest BCUT2D eigenvalue weighted by molar-refractivity contribution is 0.0795. The molecular formula is C17H29BrN2S. The van der Waals surface area contributed by atoms with E-state index >= 15 is 0 Å². The van der Waals surface area contributed by atoms with E-state index in [1.165, 1.54) is 28.7 Å². The van der Waals surface area contributed by atoms with Crippen molar-refractivity contribution in [2.45, 2.75) is 59.2 Å². The van der Waals surface area contributed by atoms with Gasteiger partial charge in [-0.15, -0.1) is 11.3 Å². The number of halogens is 1. The predicted octanol–water partition coefficient (Wildman–Crippen LogP) is 4.75. The maximum absolute atomic E-state index is 3.79. The quantitative estimate of drug-likeness (QED) is 0.775. The Kier molecular flexibility index (Phi) is 6.73. The van der Waals surface area contributed by atoms with Crippen molar-refractivity contribution in [1.29, 1.82) is 0 Å². The molecule has 2 nitrogen and oxygen atoms in total. The first-order valence-corrected chi connectivity index (χ1v) is 9.87. The van der Waals surface area contributed by atoms with Crippen LogP contribution in [0.25, 0.3) is 0 Å². The molecule has 1 saturated heterocycles. The molecular weight excluding hydrogens is 344 g/mol. The van der Waals surface area contributed by atoms with Crippen molar-refractivity contribution in [2.24, 2.45) is 11.8 Å². The summed E-state index contributed by atoms with van der Waals surface area (Å²) in [5.41, 5.74) is 0. The van der Waals surface area contributed by atoms with E-state index in [0.717, 1.165) is 24.9 Å². The molecule has 1 aliphatic rings. The molecule has 0 saturated carbocycles. The van der Waals surface area contributed by atoms with Gasteiger partial charge in [-0.3, -0.25) is 4.90 Å². The summed E-state index contributed by atoms with van der Waals surface area (Å²) in [5.74, 6) is 1.51. The van der Waals surface area contributed by atoms with Crippen LogP contribution in [-0.4, -0.2) is 30.1 Å². The molecule has 1 aliphatic heterocycles. The molecule has 21 heavy (non-hydrogen) atoms. The van der Waals surface area contributed by atoms with E-state index in [1.54, 1.807) is 0 Å². The molecule has 0 aliphatic carbocycles. The number of rotatable bonds is 6. The van der Waals surface area contributed by atoms with Crippen molar-refractivity contribution in [3.05, 3.63) is 20.8 Å². The van der Waals surface area contributed by atoms with E-state index in [2.05, 4.69) is 65.3 Å². The third-order valence-corrected chi connectivity index (χ3v) is 6.55. The number of nitrogens with one attached hydrogen (secondary N) is 1. The van der Waals surface area contributed by atoms with Gasteiger partial charge in [-0.1, -0.05) is 34.1 Å². The number of hydrogen-bond acceptors (Lipinski definition) is 3. The van der Waals surface area contributed by atoms with Gasteiger partial charge in [0, 0.05) is 41.1 Å². The Hall–Kier alpha value is 0.100. The van der Waals surface area contributed by atoms with Gasteiger partial charge in [0.2, 0.25) is 0 Å². The Bertz CT molecular complexity index is 432. The highest BCUT2D eigenvalue weighted by molar-refractivity contribution is 9.10. The highest BCUT2D eigenvalue weighted by atomic mass is 79.9. The Labute approximate surface area is 142 Å². The highest BCUT2D eigenvalue weighted by Gasteiger charge is 2.31. The zero-order valence-electron chi connectivity index (χ0n) is 13.7. The van der Waals surface area contributed by atoms with Crippen LogP contribution < -0.4 is 5.32 Å². The van der Waals surface area contributed by atoms with E-state index in [0.29, 0.717) is 12.1 Å². The lowest BCUT2D eigenvalue weighted by atomic mass is 9.92. The fraction of sp³-hybridized carbons (Fsp3) is 0.765. The fourth-order valence-corrected chi connectivity index (χ4v) is 4.77. The average Bonchev–Trinajstić information content (AvgIpc) is 2.83. The summed E-state index contributed by atoms with van der Waals surface area (Å²) in [4.78, 5) is 4.18. The summed E-state index contributed by atoms with van der Waals surface area (Å²) < 4.78 is 1.27. The van der Waals surface area contributed by atoms with Crippen LogP contribution in [0.15, 0.2) is 15.9 Å². The van der Waals surface area contributed by atoms with E-state index in [1.807, 2.05) is 11.3 Å². The molecule has 3 unspecified atom stereocenters. The van der Waals surface area contributed by atoms with Crippen LogP contribution in [-0.2, 0) is 6.54 Å². The van der Waals surface area contributed by atoms with Crippen molar-refractivity contribution in [3.63, 3.8) is 0 Å². The van der Waals surface area contributed by atoms with Crippen LogP contribution in [0.3, 0.4) is 0 Å². The topological polar surface area (TPSA) is 15.3 Å². The van der Waals surface area contributed by atoms with Gasteiger partial charge in [0.05, 0.1) is 0 Å². The Morgan fingerprint density at radius 3 is 2.76 bits per heavy atom. The monoisotopic (exact) mass is 372 g/mol. The molecule has 4 heteroatoms. The molecule has 0 aromatic carbocycles. The number of nitrogens with zero attached hydrogens (tertiary/aromatic N) is 1. The number of hydrogen-bond donors (Lipinski definition) is 1. The molecule has 1 fully saturated rings. The average molecular weight is 373 g/mol. The van der Waals surface area contributed by atoms with Gasteiger partial charge in [0.15, 0.2) is 0 Å². The lowest BCUT2D eigenvalue weighted by Gasteiger charge is -2.43. The number of thiophene rings is 1. The van der Waals surface area contributed by atoms with Crippen LogP contribution in [0.2, 0.25) is 0 Å². The number of piperazine rings is 1. The van der Waals surface area contributed by atoms with Gasteiger partial charge in [-0.05, 0) is 45.6 Å². The van der Waals surface area contributed by atoms with Crippen molar-refractivity contribution < 1.29 is 0 Å². The van der Waals surface area contributed by atoms with Crippen molar-refractivity contribution in [3.8, 4) is 0 Å². The predicted molar refractivity (Wildman–Crippen MR) is 96.9 cm³/mol. The van der Waals surface area contributed by atoms with Crippen LogP contribution in [0.4, 0.5) is 0 Å². The summed E-state index contributed by atoms with van der Waals surface area (Å²) in [5, 5.41) is 5.98. The van der Waals surface area contributed by atoms with Crippen LogP contribution in [0.5, 0.6) is 0 Å². The molecule has 2 heterocycles. The smallest absolute Gasteiger partial charge is 0.0343 e. The standard InChI is InChI=1S/C17H29BrN2S/c1-5-13(4)16-9-19-14(8-12(2)3)10-20(16)11-17-15(18)6-7-21-17/h6-7,12-14,16,19H,5,8-11H2,1-4H3. The second-order valence-electron chi connectivity index (χ2n) is 6.81. The van der Waals surface area contributed by atoms with Crippen molar-refractivity contribution in [1.82, 2.24) is 10.2 Å². The zero-order valence-corrected chi connectivity index (χ0v) is 16.1. The third kappa shape index (κ3) is 4.78. The van der Waals surface area contributed by atoms with Gasteiger partial charge in [0.25, 0.3) is 0 Å². The minimum Gasteiger partial charge on any atom is -0.311 e. The maximum atomic E-state index is 3.79. The molecule has 1 aromatic heterocycles. The van der Waals surface area contributed by atoms with Crippen LogP contribution >= 0.6 is 27.3 Å². The van der Waals surface area contributed by atoms with Crippen molar-refractivity contribution in [2.75, 3.05) is 13.1 Å². The first-order chi connectivity index (χ1) is 10.0. The lowest BCUT2D eigenvalue weighted by Crippen LogP contribution is -2.58. The minimum atomic E-state index is 0.643. The molecule has 2 rings (SSSR count). The van der Waals surface area contributed by atoms with Crippen molar-refractivity contribution >= 4 is 27.3 Å². The largest absolute Gasteiger partial charge is 0.311 e. The fourth-order valence-electron chi connectivity index (χ4n) is 3.26. The summed E-state index contributed by atoms with van der Waals surface area (Å²) in [6, 6.07) is 3.47. The van der Waals surface area contributed by atoms with Gasteiger partial charge < -0.3 is 5.32 Å². The normalized spacial score (nSPS) is 25.4. The molecule has 1 N–H and O–H groups in total. The molecule has 0 radical (unpaired) electrons. The summed E-state index contributed by atoms with van der Waals surface area (Å²) in [7, 11) is 0. The first-order valence-electron chi connectivity index (χ1n) is 8.20. The Morgan fingerprint density at radius 2 is 2.19 bits per heavy atom. The second kappa shape index (κ2) is 8.09. The van der Waals surface area contributed by atoms with E-state index < -0.39 is 0 Å². The van der Waals surface area contributed by atoms with Crippen LogP contribution in [0, 0.1) is 11.8 Å². The summed E-state index contributed by atoms with van der Waals surface area (Å²) in [6.07, 6.45) is 2.53. The Morgan fingerprint density at radius 1 is 1.43 bits per heavy atom. The van der Waals surface area contributed by atoms with E-state index in [9.17, 15) is 0 Å². The molecule has 3 atom stereocenters. The molecule has 1 aromatic rings. The minimum absolute atomic E-state index is 0.643. The maximum Gasteiger partial charge on any atom is 0.0343 e. The van der Waals surface area contributed by atoms with Crippen LogP contribution in [0.1, 0.15) is 45.4 Å². The summed E-state index contributed by atoms with van der Waals surface area (Å²) in [6.45, 7) is 12.7. The molecule has 0 amide bonds. The van der Waals surface area contributed by atoms with Gasteiger partial charge in [0.1, 0.15) is 0 Å². The summed E-state index contributed by atoms with van der Waals surface area (Å²) >= 11 is 5.56. The molecule has 0 spiro atoms. The first kappa shape index (κ1) is 17.5. The Balaban J connectivity index is 2.07. The van der Waals surface area contributed by atoms with Gasteiger partial charge in [-0.2, -0.15) is 0 Å². The second-order valence-corrected chi connectivity index (χ2v) is 8.66. The SMILES string of the molecule is CCC(C)C1CNC(CC(C)C)CN1Cc1sccc1Br. The van der Waals surface area contributed by atoms with E-state index in [4.69, 9.17) is 0 Å². The zero-order chi connectivity index (χ0) is 15.4. The molecule has 120 valence electrons.